The van der Waals surface area contributed by atoms with Crippen LogP contribution < -0.4 is 11.1 Å². The van der Waals surface area contributed by atoms with Crippen molar-refractivity contribution in [3.8, 4) is 0 Å². The minimum Gasteiger partial charge on any atom is -0.384 e. The van der Waals surface area contributed by atoms with Crippen LogP contribution in [-0.2, 0) is 0 Å². The van der Waals surface area contributed by atoms with Crippen molar-refractivity contribution in [2.45, 2.75) is 0 Å². The minimum absolute atomic E-state index is 0.219. The maximum absolute atomic E-state index is 12.1. The van der Waals surface area contributed by atoms with Crippen molar-refractivity contribution in [3.63, 3.8) is 0 Å². The van der Waals surface area contributed by atoms with Gasteiger partial charge in [-0.25, -0.2) is 4.98 Å². The zero-order valence-electron chi connectivity index (χ0n) is 9.45. The molecule has 0 radical (unpaired) electrons. The van der Waals surface area contributed by atoms with Gasteiger partial charge in [0.05, 0.1) is 21.3 Å². The maximum atomic E-state index is 12.1. The standard InChI is InChI=1S/C12H8BrCl2N3O/c13-6-1-2-10(8(14)3-6)18-12(19)7-4-11(16)17-5-9(7)15/h1-5H,(H2,16,17)(H,18,19). The molecular formula is C12H8BrCl2N3O. The Hall–Kier alpha value is -1.30. The topological polar surface area (TPSA) is 68.0 Å². The third kappa shape index (κ3) is 3.37. The lowest BCUT2D eigenvalue weighted by atomic mass is 10.2. The molecule has 0 saturated heterocycles. The normalized spacial score (nSPS) is 10.3. The Morgan fingerprint density at radius 1 is 1.26 bits per heavy atom. The van der Waals surface area contributed by atoms with E-state index < -0.39 is 5.91 Å². The number of nitrogens with one attached hydrogen (secondary N) is 1. The average molecular weight is 361 g/mol. The third-order valence-corrected chi connectivity index (χ3v) is 3.41. The van der Waals surface area contributed by atoms with Crippen LogP contribution in [-0.4, -0.2) is 10.9 Å². The molecule has 0 saturated carbocycles. The molecule has 0 atom stereocenters. The molecule has 98 valence electrons. The highest BCUT2D eigenvalue weighted by molar-refractivity contribution is 9.10. The molecule has 0 spiro atoms. The summed E-state index contributed by atoms with van der Waals surface area (Å²) in [5.74, 6) is -0.181. The Morgan fingerprint density at radius 2 is 2.00 bits per heavy atom. The number of carbonyl (C=O) groups is 1. The van der Waals surface area contributed by atoms with Gasteiger partial charge in [-0.15, -0.1) is 0 Å². The van der Waals surface area contributed by atoms with Gasteiger partial charge in [-0.3, -0.25) is 4.79 Å². The molecule has 1 aromatic carbocycles. The van der Waals surface area contributed by atoms with Gasteiger partial charge in [0, 0.05) is 10.7 Å². The van der Waals surface area contributed by atoms with Crippen LogP contribution in [0.4, 0.5) is 11.5 Å². The van der Waals surface area contributed by atoms with Gasteiger partial charge in [-0.1, -0.05) is 39.1 Å². The maximum Gasteiger partial charge on any atom is 0.257 e. The highest BCUT2D eigenvalue weighted by Crippen LogP contribution is 2.27. The number of nitrogens with zero attached hydrogens (tertiary/aromatic N) is 1. The van der Waals surface area contributed by atoms with Crippen molar-refractivity contribution in [1.82, 2.24) is 4.98 Å². The summed E-state index contributed by atoms with van der Waals surface area (Å²) in [6.07, 6.45) is 1.33. The molecule has 4 nitrogen and oxygen atoms in total. The molecule has 19 heavy (non-hydrogen) atoms. The summed E-state index contributed by atoms with van der Waals surface area (Å²) in [6, 6.07) is 6.54. The molecule has 1 amide bonds. The van der Waals surface area contributed by atoms with Crippen molar-refractivity contribution in [1.29, 1.82) is 0 Å². The summed E-state index contributed by atoms with van der Waals surface area (Å²) >= 11 is 15.2. The van der Waals surface area contributed by atoms with Gasteiger partial charge in [-0.05, 0) is 24.3 Å². The molecular weight excluding hydrogens is 353 g/mol. The lowest BCUT2D eigenvalue weighted by molar-refractivity contribution is 0.102. The highest BCUT2D eigenvalue weighted by atomic mass is 79.9. The van der Waals surface area contributed by atoms with Gasteiger partial charge in [0.15, 0.2) is 0 Å². The molecule has 2 rings (SSSR count). The number of pyridine rings is 1. The van der Waals surface area contributed by atoms with E-state index >= 15 is 0 Å². The molecule has 1 aromatic heterocycles. The van der Waals surface area contributed by atoms with Crippen LogP contribution in [0, 0.1) is 0 Å². The lowest BCUT2D eigenvalue weighted by Crippen LogP contribution is -2.13. The molecule has 0 bridgehead atoms. The summed E-state index contributed by atoms with van der Waals surface area (Å²) in [7, 11) is 0. The SMILES string of the molecule is Nc1cc(C(=O)Nc2ccc(Br)cc2Cl)c(Cl)cn1. The van der Waals surface area contributed by atoms with Crippen molar-refractivity contribution in [3.05, 3.63) is 50.5 Å². The van der Waals surface area contributed by atoms with Crippen LogP contribution in [0.15, 0.2) is 34.9 Å². The number of hydrogen-bond acceptors (Lipinski definition) is 3. The monoisotopic (exact) mass is 359 g/mol. The number of nitrogen functional groups attached to an aromatic ring is 1. The van der Waals surface area contributed by atoms with Crippen LogP contribution in [0.5, 0.6) is 0 Å². The number of aromatic nitrogens is 1. The van der Waals surface area contributed by atoms with E-state index in [0.717, 1.165) is 4.47 Å². The summed E-state index contributed by atoms with van der Waals surface area (Å²) in [4.78, 5) is 15.9. The zero-order chi connectivity index (χ0) is 14.0. The number of amides is 1. The molecule has 1 heterocycles. The fraction of sp³-hybridized carbons (Fsp3) is 0. The first kappa shape index (κ1) is 14.1. The van der Waals surface area contributed by atoms with E-state index in [1.54, 1.807) is 18.2 Å². The summed E-state index contributed by atoms with van der Waals surface area (Å²) in [5.41, 5.74) is 6.26. The minimum atomic E-state index is -0.400. The number of halogens is 3. The van der Waals surface area contributed by atoms with Gasteiger partial charge >= 0.3 is 0 Å². The average Bonchev–Trinajstić information content (AvgIpc) is 2.35. The van der Waals surface area contributed by atoms with Gasteiger partial charge in [0.25, 0.3) is 5.91 Å². The first-order chi connectivity index (χ1) is 8.97. The summed E-state index contributed by atoms with van der Waals surface area (Å²) in [5, 5.41) is 3.30. The smallest absolute Gasteiger partial charge is 0.257 e. The van der Waals surface area contributed by atoms with E-state index in [2.05, 4.69) is 26.2 Å². The molecule has 0 aliphatic carbocycles. The van der Waals surface area contributed by atoms with E-state index in [-0.39, 0.29) is 16.4 Å². The second-order valence-corrected chi connectivity index (χ2v) is 5.40. The Morgan fingerprint density at radius 3 is 2.68 bits per heavy atom. The van der Waals surface area contributed by atoms with Crippen molar-refractivity contribution in [2.75, 3.05) is 11.1 Å². The summed E-state index contributed by atoms with van der Waals surface area (Å²) < 4.78 is 0.821. The first-order valence-corrected chi connectivity index (χ1v) is 6.69. The van der Waals surface area contributed by atoms with Crippen LogP contribution >= 0.6 is 39.1 Å². The summed E-state index contributed by atoms with van der Waals surface area (Å²) in [6.45, 7) is 0. The fourth-order valence-electron chi connectivity index (χ4n) is 1.41. The van der Waals surface area contributed by atoms with Crippen molar-refractivity contribution < 1.29 is 4.79 Å². The predicted octanol–water partition coefficient (Wildman–Crippen LogP) is 3.99. The molecule has 0 fully saturated rings. The number of rotatable bonds is 2. The van der Waals surface area contributed by atoms with Crippen molar-refractivity contribution >= 4 is 56.5 Å². The molecule has 3 N–H and O–H groups in total. The lowest BCUT2D eigenvalue weighted by Gasteiger charge is -2.09. The Kier molecular flexibility index (Phi) is 4.29. The van der Waals surface area contributed by atoms with E-state index in [1.165, 1.54) is 12.3 Å². The number of anilines is 2. The van der Waals surface area contributed by atoms with Gasteiger partial charge < -0.3 is 11.1 Å². The second-order valence-electron chi connectivity index (χ2n) is 3.67. The highest BCUT2D eigenvalue weighted by Gasteiger charge is 2.13. The Bertz CT molecular complexity index is 649. The van der Waals surface area contributed by atoms with Crippen LogP contribution in [0.1, 0.15) is 10.4 Å². The predicted molar refractivity (Wildman–Crippen MR) is 80.8 cm³/mol. The van der Waals surface area contributed by atoms with Crippen LogP contribution in [0.2, 0.25) is 10.0 Å². The largest absolute Gasteiger partial charge is 0.384 e. The Balaban J connectivity index is 2.28. The van der Waals surface area contributed by atoms with Gasteiger partial charge in [-0.2, -0.15) is 0 Å². The fourth-order valence-corrected chi connectivity index (χ4v) is 2.32. The molecule has 2 aromatic rings. The number of hydrogen-bond donors (Lipinski definition) is 2. The molecule has 7 heteroatoms. The van der Waals surface area contributed by atoms with Crippen molar-refractivity contribution in [2.24, 2.45) is 0 Å². The van der Waals surface area contributed by atoms with E-state index in [1.807, 2.05) is 0 Å². The Labute approximate surface area is 128 Å². The van der Waals surface area contributed by atoms with E-state index in [0.29, 0.717) is 10.7 Å². The quantitative estimate of drug-likeness (QED) is 0.850. The van der Waals surface area contributed by atoms with Crippen LogP contribution in [0.25, 0.3) is 0 Å². The zero-order valence-corrected chi connectivity index (χ0v) is 12.6. The molecule has 0 aliphatic heterocycles. The molecule has 0 aliphatic rings. The second kappa shape index (κ2) is 5.77. The number of carbonyl (C=O) groups excluding carboxylic acids is 1. The van der Waals surface area contributed by atoms with E-state index in [9.17, 15) is 4.79 Å². The number of benzene rings is 1. The van der Waals surface area contributed by atoms with Gasteiger partial charge in [0.2, 0.25) is 0 Å². The number of nitrogens with two attached hydrogens (primary N) is 1. The van der Waals surface area contributed by atoms with Gasteiger partial charge in [0.1, 0.15) is 5.82 Å². The molecule has 0 unspecified atom stereocenters. The first-order valence-electron chi connectivity index (χ1n) is 5.15. The van der Waals surface area contributed by atoms with Crippen LogP contribution in [0.3, 0.4) is 0 Å². The third-order valence-electron chi connectivity index (χ3n) is 2.30. The van der Waals surface area contributed by atoms with E-state index in [4.69, 9.17) is 28.9 Å².